The molecule has 4 aromatic rings. The molecule has 0 bridgehead atoms. The van der Waals surface area contributed by atoms with Crippen molar-refractivity contribution in [1.29, 1.82) is 0 Å². The summed E-state index contributed by atoms with van der Waals surface area (Å²) in [6.45, 7) is 8.32. The van der Waals surface area contributed by atoms with E-state index in [1.807, 2.05) is 45.0 Å². The molecule has 2 aromatic carbocycles. The molecule has 1 N–H and O–H groups in total. The molecule has 2 aromatic heterocycles. The van der Waals surface area contributed by atoms with Crippen molar-refractivity contribution in [1.82, 2.24) is 14.8 Å². The molecule has 0 saturated heterocycles. The number of anilines is 1. The fraction of sp³-hybridized carbons (Fsp3) is 0.231. The van der Waals surface area contributed by atoms with E-state index in [1.54, 1.807) is 31.2 Å². The number of amides is 1. The first-order valence-corrected chi connectivity index (χ1v) is 11.1. The van der Waals surface area contributed by atoms with Crippen LogP contribution in [-0.2, 0) is 4.74 Å². The van der Waals surface area contributed by atoms with Gasteiger partial charge in [0.05, 0.1) is 24.9 Å². The summed E-state index contributed by atoms with van der Waals surface area (Å²) in [6.07, 6.45) is 1.38. The van der Waals surface area contributed by atoms with Crippen molar-refractivity contribution < 1.29 is 19.1 Å². The second kappa shape index (κ2) is 9.74. The van der Waals surface area contributed by atoms with Crippen LogP contribution in [0.4, 0.5) is 5.82 Å². The summed E-state index contributed by atoms with van der Waals surface area (Å²) in [4.78, 5) is 30.5. The van der Waals surface area contributed by atoms with Gasteiger partial charge in [-0.3, -0.25) is 4.79 Å². The number of ether oxygens (including phenoxy) is 2. The predicted octanol–water partition coefficient (Wildman–Crippen LogP) is 4.87. The molecule has 0 saturated carbocycles. The van der Waals surface area contributed by atoms with Gasteiger partial charge in [-0.15, -0.1) is 0 Å². The maximum absolute atomic E-state index is 13.1. The Kier molecular flexibility index (Phi) is 6.58. The van der Waals surface area contributed by atoms with Crippen LogP contribution >= 0.6 is 0 Å². The number of aryl methyl sites for hydroxylation is 2. The molecule has 0 spiro atoms. The van der Waals surface area contributed by atoms with Gasteiger partial charge in [0.2, 0.25) is 0 Å². The Bertz CT molecular complexity index is 1360. The lowest BCUT2D eigenvalue weighted by Crippen LogP contribution is -2.18. The first kappa shape index (κ1) is 23.0. The highest BCUT2D eigenvalue weighted by atomic mass is 16.5. The zero-order chi connectivity index (χ0) is 24.2. The summed E-state index contributed by atoms with van der Waals surface area (Å²) in [5, 5.41) is 8.23. The van der Waals surface area contributed by atoms with Gasteiger partial charge < -0.3 is 14.8 Å². The topological polar surface area (TPSA) is 95.3 Å². The lowest BCUT2D eigenvalue weighted by Gasteiger charge is -2.13. The summed E-state index contributed by atoms with van der Waals surface area (Å²) >= 11 is 0. The summed E-state index contributed by atoms with van der Waals surface area (Å²) in [5.41, 5.74) is 3.39. The molecular formula is C26H26N4O4. The van der Waals surface area contributed by atoms with Gasteiger partial charge in [0, 0.05) is 10.9 Å². The monoisotopic (exact) mass is 458 g/mol. The number of rotatable bonds is 7. The fourth-order valence-electron chi connectivity index (χ4n) is 3.70. The number of benzene rings is 2. The molecule has 0 aliphatic rings. The number of nitrogens with zero attached hydrogens (tertiary/aromatic N) is 3. The minimum atomic E-state index is -0.579. The van der Waals surface area contributed by atoms with E-state index in [9.17, 15) is 9.59 Å². The van der Waals surface area contributed by atoms with Crippen molar-refractivity contribution in [2.75, 3.05) is 18.5 Å². The fourth-order valence-corrected chi connectivity index (χ4v) is 3.70. The summed E-state index contributed by atoms with van der Waals surface area (Å²) in [6, 6.07) is 14.6. The van der Waals surface area contributed by atoms with E-state index < -0.39 is 11.9 Å². The standard InChI is InChI=1S/C26H26N4O4/c1-5-33-19-12-10-18(11-13-19)25(31)29-24-21(26(32)34-6-2)15-27-30(24)22-14-17(4)20-9-7-8-16(3)23(20)28-22/h7-15H,5-6H2,1-4H3,(H,29,31). The van der Waals surface area contributed by atoms with Gasteiger partial charge in [-0.1, -0.05) is 18.2 Å². The van der Waals surface area contributed by atoms with Crippen LogP contribution in [-0.4, -0.2) is 39.9 Å². The van der Waals surface area contributed by atoms with Crippen LogP contribution in [0.25, 0.3) is 16.7 Å². The van der Waals surface area contributed by atoms with Crippen LogP contribution < -0.4 is 10.1 Å². The highest BCUT2D eigenvalue weighted by molar-refractivity contribution is 6.07. The molecule has 0 atom stereocenters. The summed E-state index contributed by atoms with van der Waals surface area (Å²) in [7, 11) is 0. The Morgan fingerprint density at radius 1 is 1.00 bits per heavy atom. The third-order valence-electron chi connectivity index (χ3n) is 5.38. The van der Waals surface area contributed by atoms with Crippen LogP contribution in [0.1, 0.15) is 45.7 Å². The lowest BCUT2D eigenvalue weighted by molar-refractivity contribution is 0.0527. The van der Waals surface area contributed by atoms with E-state index in [1.165, 1.54) is 10.9 Å². The highest BCUT2D eigenvalue weighted by Crippen LogP contribution is 2.26. The number of para-hydroxylation sites is 1. The van der Waals surface area contributed by atoms with Crippen LogP contribution in [0.5, 0.6) is 5.75 Å². The summed E-state index contributed by atoms with van der Waals surface area (Å²) < 4.78 is 12.1. The van der Waals surface area contributed by atoms with E-state index in [4.69, 9.17) is 14.5 Å². The third kappa shape index (κ3) is 4.47. The molecule has 8 nitrogen and oxygen atoms in total. The van der Waals surface area contributed by atoms with E-state index in [2.05, 4.69) is 10.4 Å². The first-order valence-electron chi connectivity index (χ1n) is 11.1. The molecule has 0 aliphatic heterocycles. The number of esters is 1. The van der Waals surface area contributed by atoms with Crippen molar-refractivity contribution in [2.24, 2.45) is 0 Å². The number of pyridine rings is 1. The second-order valence-corrected chi connectivity index (χ2v) is 7.72. The SMILES string of the molecule is CCOC(=O)c1cnn(-c2cc(C)c3cccc(C)c3n2)c1NC(=O)c1ccc(OCC)cc1. The molecule has 0 unspecified atom stereocenters. The molecule has 4 rings (SSSR count). The maximum atomic E-state index is 13.1. The Hall–Kier alpha value is -4.20. The molecular weight excluding hydrogens is 432 g/mol. The molecule has 0 radical (unpaired) electrons. The third-order valence-corrected chi connectivity index (χ3v) is 5.38. The smallest absolute Gasteiger partial charge is 0.343 e. The van der Waals surface area contributed by atoms with Crippen LogP contribution in [0.15, 0.2) is 54.7 Å². The Balaban J connectivity index is 1.77. The number of aromatic nitrogens is 3. The molecule has 0 fully saturated rings. The summed E-state index contributed by atoms with van der Waals surface area (Å²) in [5.74, 6) is 0.366. The van der Waals surface area contributed by atoms with Gasteiger partial charge in [0.1, 0.15) is 11.3 Å². The molecule has 1 amide bonds. The van der Waals surface area contributed by atoms with E-state index >= 15 is 0 Å². The maximum Gasteiger partial charge on any atom is 0.343 e. The molecule has 174 valence electrons. The molecule has 8 heteroatoms. The van der Waals surface area contributed by atoms with Crippen LogP contribution in [0, 0.1) is 13.8 Å². The highest BCUT2D eigenvalue weighted by Gasteiger charge is 2.23. The van der Waals surface area contributed by atoms with Gasteiger partial charge in [-0.05, 0) is 69.2 Å². The number of carbonyl (C=O) groups is 2. The largest absolute Gasteiger partial charge is 0.494 e. The van der Waals surface area contributed by atoms with Crippen LogP contribution in [0.2, 0.25) is 0 Å². The Morgan fingerprint density at radius 3 is 2.47 bits per heavy atom. The van der Waals surface area contributed by atoms with E-state index in [0.717, 1.165) is 22.0 Å². The van der Waals surface area contributed by atoms with Crippen LogP contribution in [0.3, 0.4) is 0 Å². The van der Waals surface area contributed by atoms with Crippen molar-refractivity contribution in [3.05, 3.63) is 77.0 Å². The van der Waals surface area contributed by atoms with Crippen molar-refractivity contribution in [2.45, 2.75) is 27.7 Å². The normalized spacial score (nSPS) is 10.8. The number of fused-ring (bicyclic) bond motifs is 1. The van der Waals surface area contributed by atoms with Gasteiger partial charge in [-0.25, -0.2) is 9.78 Å². The van der Waals surface area contributed by atoms with Gasteiger partial charge in [0.25, 0.3) is 5.91 Å². The molecule has 2 heterocycles. The van der Waals surface area contributed by atoms with Gasteiger partial charge in [0.15, 0.2) is 11.6 Å². The Labute approximate surface area is 197 Å². The minimum absolute atomic E-state index is 0.144. The van der Waals surface area contributed by atoms with Crippen molar-refractivity contribution >= 4 is 28.6 Å². The van der Waals surface area contributed by atoms with Gasteiger partial charge in [-0.2, -0.15) is 9.78 Å². The quantitative estimate of drug-likeness (QED) is 0.397. The van der Waals surface area contributed by atoms with E-state index in [-0.39, 0.29) is 18.0 Å². The number of nitrogens with one attached hydrogen (secondary N) is 1. The zero-order valence-corrected chi connectivity index (χ0v) is 19.6. The number of hydrogen-bond acceptors (Lipinski definition) is 6. The zero-order valence-electron chi connectivity index (χ0n) is 19.6. The number of carbonyl (C=O) groups excluding carboxylic acids is 2. The second-order valence-electron chi connectivity index (χ2n) is 7.72. The van der Waals surface area contributed by atoms with Gasteiger partial charge >= 0.3 is 5.97 Å². The average molecular weight is 459 g/mol. The minimum Gasteiger partial charge on any atom is -0.494 e. The van der Waals surface area contributed by atoms with Crippen molar-refractivity contribution in [3.63, 3.8) is 0 Å². The number of hydrogen-bond donors (Lipinski definition) is 1. The first-order chi connectivity index (χ1) is 16.4. The van der Waals surface area contributed by atoms with E-state index in [0.29, 0.717) is 23.7 Å². The molecule has 0 aliphatic carbocycles. The molecule has 34 heavy (non-hydrogen) atoms. The lowest BCUT2D eigenvalue weighted by atomic mass is 10.1. The Morgan fingerprint density at radius 2 is 1.76 bits per heavy atom. The predicted molar refractivity (Wildman–Crippen MR) is 130 cm³/mol. The van der Waals surface area contributed by atoms with Crippen molar-refractivity contribution in [3.8, 4) is 11.6 Å². The average Bonchev–Trinajstić information content (AvgIpc) is 3.24.